The first-order chi connectivity index (χ1) is 8.81. The molecular weight excluding hydrogens is 230 g/mol. The van der Waals surface area contributed by atoms with Crippen molar-refractivity contribution in [2.24, 2.45) is 5.73 Å². The Labute approximate surface area is 105 Å². The number of pyridine rings is 1. The van der Waals surface area contributed by atoms with Crippen LogP contribution in [0.1, 0.15) is 11.4 Å². The summed E-state index contributed by atoms with van der Waals surface area (Å²) in [4.78, 5) is 12.3. The van der Waals surface area contributed by atoms with Crippen LogP contribution in [0.15, 0.2) is 30.6 Å². The fourth-order valence-electron chi connectivity index (χ4n) is 1.46. The predicted octanol–water partition coefficient (Wildman–Crippen LogP) is 0.951. The molecule has 0 fully saturated rings. The number of methoxy groups -OCH3 is 1. The first kappa shape index (κ1) is 12.3. The summed E-state index contributed by atoms with van der Waals surface area (Å²) in [6.45, 7) is 0.971. The summed E-state index contributed by atoms with van der Waals surface area (Å²) in [6, 6.07) is 5.59. The molecule has 0 atom stereocenters. The Kier molecular flexibility index (Phi) is 4.03. The first-order valence-corrected chi connectivity index (χ1v) is 5.56. The Hall–Kier alpha value is -2.21. The second-order valence-electron chi connectivity index (χ2n) is 3.62. The molecule has 2 aromatic rings. The van der Waals surface area contributed by atoms with Gasteiger partial charge in [0.05, 0.1) is 13.7 Å². The van der Waals surface area contributed by atoms with E-state index in [1.54, 1.807) is 25.6 Å². The van der Waals surface area contributed by atoms with E-state index >= 15 is 0 Å². The molecular formula is C12H15N5O. The SMILES string of the molecule is COc1cc(CNc2ccnc(CN)n2)ccn1. The van der Waals surface area contributed by atoms with Gasteiger partial charge in [-0.3, -0.25) is 0 Å². The summed E-state index contributed by atoms with van der Waals surface area (Å²) in [5, 5.41) is 3.20. The molecule has 0 bridgehead atoms. The number of nitrogens with two attached hydrogens (primary N) is 1. The molecule has 6 heteroatoms. The summed E-state index contributed by atoms with van der Waals surface area (Å²) in [5.74, 6) is 1.97. The quantitative estimate of drug-likeness (QED) is 0.815. The number of rotatable bonds is 5. The van der Waals surface area contributed by atoms with Gasteiger partial charge in [0.2, 0.25) is 5.88 Å². The third kappa shape index (κ3) is 3.14. The molecule has 0 saturated heterocycles. The number of anilines is 1. The number of nitrogens with one attached hydrogen (secondary N) is 1. The molecule has 94 valence electrons. The first-order valence-electron chi connectivity index (χ1n) is 5.56. The molecule has 2 heterocycles. The van der Waals surface area contributed by atoms with Crippen LogP contribution in [0.3, 0.4) is 0 Å². The van der Waals surface area contributed by atoms with Crippen LogP contribution in [0.5, 0.6) is 5.88 Å². The number of hydrogen-bond donors (Lipinski definition) is 2. The Morgan fingerprint density at radius 3 is 2.89 bits per heavy atom. The van der Waals surface area contributed by atoms with Crippen LogP contribution in [-0.2, 0) is 13.1 Å². The Balaban J connectivity index is 2.01. The average molecular weight is 245 g/mol. The van der Waals surface area contributed by atoms with Gasteiger partial charge >= 0.3 is 0 Å². The molecule has 0 radical (unpaired) electrons. The Morgan fingerprint density at radius 1 is 1.28 bits per heavy atom. The van der Waals surface area contributed by atoms with Gasteiger partial charge in [0, 0.05) is 25.0 Å². The predicted molar refractivity (Wildman–Crippen MR) is 68.0 cm³/mol. The minimum Gasteiger partial charge on any atom is -0.481 e. The van der Waals surface area contributed by atoms with Gasteiger partial charge in [-0.25, -0.2) is 15.0 Å². The second kappa shape index (κ2) is 5.92. The molecule has 6 nitrogen and oxygen atoms in total. The van der Waals surface area contributed by atoms with Crippen LogP contribution >= 0.6 is 0 Å². The molecule has 0 spiro atoms. The van der Waals surface area contributed by atoms with Crippen molar-refractivity contribution < 1.29 is 4.74 Å². The normalized spacial score (nSPS) is 10.1. The smallest absolute Gasteiger partial charge is 0.213 e. The van der Waals surface area contributed by atoms with Gasteiger partial charge in [0.25, 0.3) is 0 Å². The van der Waals surface area contributed by atoms with Crippen molar-refractivity contribution in [2.45, 2.75) is 13.1 Å². The van der Waals surface area contributed by atoms with E-state index in [1.807, 2.05) is 12.1 Å². The lowest BCUT2D eigenvalue weighted by molar-refractivity contribution is 0.397. The lowest BCUT2D eigenvalue weighted by atomic mass is 10.2. The third-order valence-electron chi connectivity index (χ3n) is 2.37. The largest absolute Gasteiger partial charge is 0.481 e. The van der Waals surface area contributed by atoms with Crippen molar-refractivity contribution >= 4 is 5.82 Å². The minimum absolute atomic E-state index is 0.332. The molecule has 18 heavy (non-hydrogen) atoms. The van der Waals surface area contributed by atoms with Crippen molar-refractivity contribution in [3.8, 4) is 5.88 Å². The van der Waals surface area contributed by atoms with E-state index < -0.39 is 0 Å². The number of nitrogens with zero attached hydrogens (tertiary/aromatic N) is 3. The van der Waals surface area contributed by atoms with Gasteiger partial charge in [0.15, 0.2) is 0 Å². The summed E-state index contributed by atoms with van der Waals surface area (Å²) in [5.41, 5.74) is 6.55. The number of ether oxygens (including phenoxy) is 1. The monoisotopic (exact) mass is 245 g/mol. The number of aromatic nitrogens is 3. The Morgan fingerprint density at radius 2 is 2.11 bits per heavy atom. The van der Waals surface area contributed by atoms with Crippen LogP contribution in [-0.4, -0.2) is 22.1 Å². The molecule has 0 aliphatic carbocycles. The van der Waals surface area contributed by atoms with Crippen LogP contribution in [0.2, 0.25) is 0 Å². The summed E-state index contributed by atoms with van der Waals surface area (Å²) in [7, 11) is 1.59. The Bertz CT molecular complexity index is 470. The zero-order valence-corrected chi connectivity index (χ0v) is 10.1. The van der Waals surface area contributed by atoms with E-state index in [9.17, 15) is 0 Å². The van der Waals surface area contributed by atoms with E-state index in [1.165, 1.54) is 0 Å². The van der Waals surface area contributed by atoms with Crippen molar-refractivity contribution in [3.05, 3.63) is 42.0 Å². The van der Waals surface area contributed by atoms with E-state index in [2.05, 4.69) is 20.3 Å². The molecule has 2 rings (SSSR count). The third-order valence-corrected chi connectivity index (χ3v) is 2.37. The second-order valence-corrected chi connectivity index (χ2v) is 3.62. The molecule has 0 aliphatic heterocycles. The molecule has 0 unspecified atom stereocenters. The fraction of sp³-hybridized carbons (Fsp3) is 0.250. The van der Waals surface area contributed by atoms with Crippen molar-refractivity contribution in [1.82, 2.24) is 15.0 Å². The molecule has 3 N–H and O–H groups in total. The maximum Gasteiger partial charge on any atom is 0.213 e. The molecule has 0 saturated carbocycles. The van der Waals surface area contributed by atoms with Gasteiger partial charge in [-0.15, -0.1) is 0 Å². The lowest BCUT2D eigenvalue weighted by Crippen LogP contribution is -2.07. The molecule has 0 aliphatic rings. The van der Waals surface area contributed by atoms with Gasteiger partial charge in [0.1, 0.15) is 11.6 Å². The van der Waals surface area contributed by atoms with Crippen LogP contribution < -0.4 is 15.8 Å². The molecule has 2 aromatic heterocycles. The average Bonchev–Trinajstić information content (AvgIpc) is 2.45. The fourth-order valence-corrected chi connectivity index (χ4v) is 1.46. The zero-order valence-electron chi connectivity index (χ0n) is 10.1. The minimum atomic E-state index is 0.332. The summed E-state index contributed by atoms with van der Waals surface area (Å²) >= 11 is 0. The highest BCUT2D eigenvalue weighted by Crippen LogP contribution is 2.10. The zero-order chi connectivity index (χ0) is 12.8. The lowest BCUT2D eigenvalue weighted by Gasteiger charge is -2.07. The standard InChI is InChI=1S/C12H15N5O/c1-18-12-6-9(2-4-15-12)8-16-10-3-5-14-11(7-13)17-10/h2-6H,7-8,13H2,1H3,(H,14,16,17). The summed E-state index contributed by atoms with van der Waals surface area (Å²) in [6.07, 6.45) is 3.39. The van der Waals surface area contributed by atoms with Gasteiger partial charge in [-0.05, 0) is 17.7 Å². The highest BCUT2D eigenvalue weighted by Gasteiger charge is 1.99. The van der Waals surface area contributed by atoms with Crippen molar-refractivity contribution in [3.63, 3.8) is 0 Å². The van der Waals surface area contributed by atoms with Crippen LogP contribution in [0, 0.1) is 0 Å². The highest BCUT2D eigenvalue weighted by atomic mass is 16.5. The topological polar surface area (TPSA) is 86.0 Å². The van der Waals surface area contributed by atoms with Crippen LogP contribution in [0.25, 0.3) is 0 Å². The molecule has 0 aromatic carbocycles. The van der Waals surface area contributed by atoms with Gasteiger partial charge in [-0.1, -0.05) is 0 Å². The van der Waals surface area contributed by atoms with Gasteiger partial charge in [-0.2, -0.15) is 0 Å². The van der Waals surface area contributed by atoms with E-state index in [0.717, 1.165) is 11.4 Å². The van der Waals surface area contributed by atoms with E-state index in [-0.39, 0.29) is 0 Å². The van der Waals surface area contributed by atoms with Crippen molar-refractivity contribution in [1.29, 1.82) is 0 Å². The van der Waals surface area contributed by atoms with E-state index in [4.69, 9.17) is 10.5 Å². The number of hydrogen-bond acceptors (Lipinski definition) is 6. The van der Waals surface area contributed by atoms with Crippen molar-refractivity contribution in [2.75, 3.05) is 12.4 Å². The van der Waals surface area contributed by atoms with Crippen LogP contribution in [0.4, 0.5) is 5.82 Å². The molecule has 0 amide bonds. The van der Waals surface area contributed by atoms with E-state index in [0.29, 0.717) is 24.8 Å². The summed E-state index contributed by atoms with van der Waals surface area (Å²) < 4.78 is 5.06. The highest BCUT2D eigenvalue weighted by molar-refractivity contribution is 5.35. The maximum atomic E-state index is 5.49. The maximum absolute atomic E-state index is 5.49. The van der Waals surface area contributed by atoms with Gasteiger partial charge < -0.3 is 15.8 Å².